The van der Waals surface area contributed by atoms with Gasteiger partial charge in [0.05, 0.1) is 0 Å². The molecule has 2 aromatic carbocycles. The van der Waals surface area contributed by atoms with Crippen LogP contribution in [0.4, 0.5) is 0 Å². The molecule has 0 radical (unpaired) electrons. The van der Waals surface area contributed by atoms with Crippen LogP contribution in [-0.4, -0.2) is 24.9 Å². The highest BCUT2D eigenvalue weighted by atomic mass is 35.5. The summed E-state index contributed by atoms with van der Waals surface area (Å²) in [6, 6.07) is 17.6. The molecule has 0 aromatic heterocycles. The molecular weight excluding hydrogens is 336 g/mol. The Kier molecular flexibility index (Phi) is 7.99. The van der Waals surface area contributed by atoms with E-state index in [2.05, 4.69) is 22.8 Å². The Balaban J connectivity index is 1.56. The van der Waals surface area contributed by atoms with Crippen molar-refractivity contribution in [1.82, 2.24) is 10.6 Å². The molecule has 2 rings (SSSR count). The van der Waals surface area contributed by atoms with Crippen molar-refractivity contribution in [2.75, 3.05) is 13.1 Å². The number of aryl methyl sites for hydroxylation is 1. The van der Waals surface area contributed by atoms with Gasteiger partial charge in [-0.25, -0.2) is 0 Å². The van der Waals surface area contributed by atoms with Gasteiger partial charge in [0.25, 0.3) is 0 Å². The van der Waals surface area contributed by atoms with Crippen LogP contribution in [0, 0.1) is 0 Å². The molecule has 4 nitrogen and oxygen atoms in total. The van der Waals surface area contributed by atoms with Gasteiger partial charge in [-0.05, 0) is 42.5 Å². The van der Waals surface area contributed by atoms with E-state index in [0.717, 1.165) is 18.4 Å². The third-order valence-corrected chi connectivity index (χ3v) is 3.99. The molecule has 0 saturated carbocycles. The van der Waals surface area contributed by atoms with Gasteiger partial charge in [0.15, 0.2) is 0 Å². The second-order valence-electron chi connectivity index (χ2n) is 5.85. The van der Waals surface area contributed by atoms with Crippen molar-refractivity contribution in [1.29, 1.82) is 0 Å². The van der Waals surface area contributed by atoms with Crippen molar-refractivity contribution in [3.8, 4) is 0 Å². The average Bonchev–Trinajstić information content (AvgIpc) is 2.60. The molecule has 5 heteroatoms. The Morgan fingerprint density at radius 3 is 2.20 bits per heavy atom. The zero-order valence-electron chi connectivity index (χ0n) is 14.1. The molecule has 0 aliphatic carbocycles. The zero-order valence-corrected chi connectivity index (χ0v) is 14.9. The van der Waals surface area contributed by atoms with Crippen LogP contribution in [-0.2, 0) is 22.4 Å². The quantitative estimate of drug-likeness (QED) is 0.534. The van der Waals surface area contributed by atoms with Crippen molar-refractivity contribution < 1.29 is 9.59 Å². The molecule has 2 amide bonds. The van der Waals surface area contributed by atoms with Crippen LogP contribution >= 0.6 is 11.6 Å². The SMILES string of the molecule is O=C(CC(=O)NCCc1cccc(Cl)c1)NCCCc1ccccc1. The summed E-state index contributed by atoms with van der Waals surface area (Å²) in [4.78, 5) is 23.5. The number of hydrogen-bond donors (Lipinski definition) is 2. The molecule has 0 heterocycles. The highest BCUT2D eigenvalue weighted by Gasteiger charge is 2.08. The van der Waals surface area contributed by atoms with Crippen LogP contribution in [0.2, 0.25) is 5.02 Å². The molecule has 0 aliphatic heterocycles. The minimum atomic E-state index is -0.261. The Labute approximate surface area is 153 Å². The second-order valence-corrected chi connectivity index (χ2v) is 6.28. The molecule has 0 fully saturated rings. The first-order valence-corrected chi connectivity index (χ1v) is 8.83. The minimum absolute atomic E-state index is 0.138. The smallest absolute Gasteiger partial charge is 0.229 e. The van der Waals surface area contributed by atoms with Crippen molar-refractivity contribution in [3.63, 3.8) is 0 Å². The van der Waals surface area contributed by atoms with E-state index in [1.54, 1.807) is 0 Å². The van der Waals surface area contributed by atoms with E-state index in [0.29, 0.717) is 24.5 Å². The first-order chi connectivity index (χ1) is 12.1. The van der Waals surface area contributed by atoms with Crippen LogP contribution in [0.1, 0.15) is 24.0 Å². The van der Waals surface area contributed by atoms with Gasteiger partial charge in [-0.3, -0.25) is 9.59 Å². The van der Waals surface area contributed by atoms with Gasteiger partial charge in [0, 0.05) is 18.1 Å². The highest BCUT2D eigenvalue weighted by Crippen LogP contribution is 2.10. The number of benzene rings is 2. The van der Waals surface area contributed by atoms with Crippen molar-refractivity contribution in [2.24, 2.45) is 0 Å². The third kappa shape index (κ3) is 7.86. The van der Waals surface area contributed by atoms with Crippen molar-refractivity contribution in [3.05, 3.63) is 70.7 Å². The number of carbonyl (C=O) groups excluding carboxylic acids is 2. The van der Waals surface area contributed by atoms with Gasteiger partial charge in [-0.1, -0.05) is 54.1 Å². The van der Waals surface area contributed by atoms with Crippen molar-refractivity contribution in [2.45, 2.75) is 25.7 Å². The molecule has 0 aliphatic rings. The van der Waals surface area contributed by atoms with Crippen LogP contribution < -0.4 is 10.6 Å². The third-order valence-electron chi connectivity index (χ3n) is 3.75. The fourth-order valence-electron chi connectivity index (χ4n) is 2.47. The lowest BCUT2D eigenvalue weighted by molar-refractivity contribution is -0.129. The summed E-state index contributed by atoms with van der Waals surface area (Å²) in [7, 11) is 0. The average molecular weight is 359 g/mol. The second kappa shape index (κ2) is 10.5. The van der Waals surface area contributed by atoms with Crippen LogP contribution in [0.15, 0.2) is 54.6 Å². The van der Waals surface area contributed by atoms with Crippen molar-refractivity contribution >= 4 is 23.4 Å². The normalized spacial score (nSPS) is 10.3. The fourth-order valence-corrected chi connectivity index (χ4v) is 2.69. The molecule has 0 spiro atoms. The molecule has 0 bridgehead atoms. The Morgan fingerprint density at radius 1 is 0.800 bits per heavy atom. The van der Waals surface area contributed by atoms with Gasteiger partial charge in [-0.2, -0.15) is 0 Å². The number of carbonyl (C=O) groups is 2. The Bertz CT molecular complexity index is 689. The van der Waals surface area contributed by atoms with E-state index in [-0.39, 0.29) is 18.2 Å². The first kappa shape index (κ1) is 19.0. The molecule has 0 atom stereocenters. The minimum Gasteiger partial charge on any atom is -0.356 e. The fraction of sp³-hybridized carbons (Fsp3) is 0.300. The lowest BCUT2D eigenvalue weighted by Crippen LogP contribution is -2.33. The zero-order chi connectivity index (χ0) is 17.9. The first-order valence-electron chi connectivity index (χ1n) is 8.45. The van der Waals surface area contributed by atoms with Gasteiger partial charge in [0.1, 0.15) is 6.42 Å². The molecule has 2 aromatic rings. The van der Waals surface area contributed by atoms with Gasteiger partial charge >= 0.3 is 0 Å². The van der Waals surface area contributed by atoms with E-state index in [1.807, 2.05) is 42.5 Å². The topological polar surface area (TPSA) is 58.2 Å². The van der Waals surface area contributed by atoms with Crippen LogP contribution in [0.5, 0.6) is 0 Å². The van der Waals surface area contributed by atoms with E-state index in [1.165, 1.54) is 5.56 Å². The number of rotatable bonds is 9. The van der Waals surface area contributed by atoms with Crippen LogP contribution in [0.25, 0.3) is 0 Å². The summed E-state index contributed by atoms with van der Waals surface area (Å²) in [6.07, 6.45) is 2.31. The summed E-state index contributed by atoms with van der Waals surface area (Å²) in [5, 5.41) is 6.22. The van der Waals surface area contributed by atoms with Gasteiger partial charge in [0.2, 0.25) is 11.8 Å². The standard InChI is InChI=1S/C20H23ClN2O2/c21-18-10-4-8-17(14-18)11-13-23-20(25)15-19(24)22-12-5-9-16-6-2-1-3-7-16/h1-4,6-8,10,14H,5,9,11-13,15H2,(H,22,24)(H,23,25). The Morgan fingerprint density at radius 2 is 1.48 bits per heavy atom. The van der Waals surface area contributed by atoms with E-state index < -0.39 is 0 Å². The van der Waals surface area contributed by atoms with Crippen LogP contribution in [0.3, 0.4) is 0 Å². The number of nitrogens with one attached hydrogen (secondary N) is 2. The van der Waals surface area contributed by atoms with E-state index in [4.69, 9.17) is 11.6 Å². The summed E-state index contributed by atoms with van der Waals surface area (Å²) < 4.78 is 0. The summed E-state index contributed by atoms with van der Waals surface area (Å²) in [5.41, 5.74) is 2.30. The van der Waals surface area contributed by atoms with E-state index >= 15 is 0 Å². The molecule has 2 N–H and O–H groups in total. The molecule has 0 unspecified atom stereocenters. The highest BCUT2D eigenvalue weighted by molar-refractivity contribution is 6.30. The summed E-state index contributed by atoms with van der Waals surface area (Å²) >= 11 is 5.91. The molecule has 0 saturated heterocycles. The largest absolute Gasteiger partial charge is 0.356 e. The summed E-state index contributed by atoms with van der Waals surface area (Å²) in [5.74, 6) is -0.504. The predicted molar refractivity (Wildman–Crippen MR) is 101 cm³/mol. The molecular formula is C20H23ClN2O2. The van der Waals surface area contributed by atoms with Gasteiger partial charge in [-0.15, -0.1) is 0 Å². The van der Waals surface area contributed by atoms with E-state index in [9.17, 15) is 9.59 Å². The Hall–Kier alpha value is -2.33. The lowest BCUT2D eigenvalue weighted by Gasteiger charge is -2.07. The summed E-state index contributed by atoms with van der Waals surface area (Å²) in [6.45, 7) is 1.06. The molecule has 25 heavy (non-hydrogen) atoms. The lowest BCUT2D eigenvalue weighted by atomic mass is 10.1. The number of amides is 2. The molecule has 132 valence electrons. The maximum Gasteiger partial charge on any atom is 0.229 e. The predicted octanol–water partition coefficient (Wildman–Crippen LogP) is 3.14. The number of hydrogen-bond acceptors (Lipinski definition) is 2. The maximum atomic E-state index is 11.8. The monoisotopic (exact) mass is 358 g/mol. The maximum absolute atomic E-state index is 11.8. The number of halogens is 1. The van der Waals surface area contributed by atoms with Gasteiger partial charge < -0.3 is 10.6 Å².